The molecule has 1 atom stereocenters. The van der Waals surface area contributed by atoms with Crippen molar-refractivity contribution in [3.63, 3.8) is 0 Å². The molecule has 0 spiro atoms. The second kappa shape index (κ2) is 7.98. The van der Waals surface area contributed by atoms with Crippen molar-refractivity contribution in [2.24, 2.45) is 5.92 Å². The smallest absolute Gasteiger partial charge is 0.311 e. The first-order chi connectivity index (χ1) is 12.1. The van der Waals surface area contributed by atoms with E-state index in [1.165, 1.54) is 4.90 Å². The molecule has 26 heavy (non-hydrogen) atoms. The zero-order valence-electron chi connectivity index (χ0n) is 14.6. The quantitative estimate of drug-likeness (QED) is 0.521. The summed E-state index contributed by atoms with van der Waals surface area (Å²) in [5, 5.41) is 11.0. The van der Waals surface area contributed by atoms with Crippen LogP contribution >= 0.6 is 0 Å². The van der Waals surface area contributed by atoms with Crippen molar-refractivity contribution in [1.29, 1.82) is 0 Å². The van der Waals surface area contributed by atoms with Gasteiger partial charge in [-0.25, -0.2) is 12.8 Å². The lowest BCUT2D eigenvalue weighted by atomic mass is 10.1. The maximum absolute atomic E-state index is 13.3. The average Bonchev–Trinajstić information content (AvgIpc) is 2.89. The molecule has 1 heterocycles. The molecule has 0 N–H and O–H groups in total. The van der Waals surface area contributed by atoms with Crippen molar-refractivity contribution >= 4 is 21.4 Å². The van der Waals surface area contributed by atoms with Gasteiger partial charge in [0.05, 0.1) is 16.4 Å². The highest BCUT2D eigenvalue weighted by atomic mass is 32.2. The molecule has 1 aliphatic heterocycles. The van der Waals surface area contributed by atoms with Crippen molar-refractivity contribution in [2.75, 3.05) is 24.7 Å². The minimum Gasteiger partial charge on any atom is -0.477 e. The molecule has 1 amide bonds. The zero-order chi connectivity index (χ0) is 19.5. The van der Waals surface area contributed by atoms with Crippen LogP contribution in [0.5, 0.6) is 5.75 Å². The number of amides is 1. The molecule has 144 valence electrons. The highest BCUT2D eigenvalue weighted by molar-refractivity contribution is 7.91. The lowest BCUT2D eigenvalue weighted by molar-refractivity contribution is -0.385. The highest BCUT2D eigenvalue weighted by Gasteiger charge is 2.35. The maximum atomic E-state index is 13.3. The van der Waals surface area contributed by atoms with Gasteiger partial charge in [-0.15, -0.1) is 0 Å². The van der Waals surface area contributed by atoms with Crippen LogP contribution in [0.15, 0.2) is 18.2 Å². The van der Waals surface area contributed by atoms with Gasteiger partial charge in [0.15, 0.2) is 16.4 Å². The molecule has 0 saturated carbocycles. The summed E-state index contributed by atoms with van der Waals surface area (Å²) in [6.45, 7) is 3.59. The molecule has 0 radical (unpaired) electrons. The van der Waals surface area contributed by atoms with Crippen LogP contribution in [0.4, 0.5) is 10.1 Å². The van der Waals surface area contributed by atoms with Crippen LogP contribution in [0.1, 0.15) is 20.3 Å². The Bertz CT molecular complexity index is 796. The van der Waals surface area contributed by atoms with E-state index in [9.17, 15) is 27.7 Å². The van der Waals surface area contributed by atoms with Crippen LogP contribution in [-0.4, -0.2) is 54.8 Å². The lowest BCUT2D eigenvalue weighted by Crippen LogP contribution is -2.45. The summed E-state index contributed by atoms with van der Waals surface area (Å²) in [6.07, 6.45) is 0.348. The number of halogens is 1. The highest BCUT2D eigenvalue weighted by Crippen LogP contribution is 2.27. The van der Waals surface area contributed by atoms with Gasteiger partial charge in [-0.2, -0.15) is 0 Å². The Labute approximate surface area is 151 Å². The van der Waals surface area contributed by atoms with Crippen LogP contribution in [0, 0.1) is 21.8 Å². The van der Waals surface area contributed by atoms with Crippen LogP contribution in [-0.2, 0) is 14.6 Å². The molecular weight excluding hydrogens is 367 g/mol. The number of nitrogens with zero attached hydrogens (tertiary/aromatic N) is 2. The molecule has 0 bridgehead atoms. The van der Waals surface area contributed by atoms with Crippen LogP contribution in [0.25, 0.3) is 0 Å². The third kappa shape index (κ3) is 5.13. The van der Waals surface area contributed by atoms with Gasteiger partial charge >= 0.3 is 5.69 Å². The molecular formula is C16H21FN2O6S. The SMILES string of the molecule is CC(C)CN(C(=O)COc1cc(F)ccc1[N+](=O)[O-])[C@@H]1CCS(=O)(=O)C1. The number of rotatable bonds is 7. The number of carbonyl (C=O) groups excluding carboxylic acids is 1. The number of carbonyl (C=O) groups is 1. The van der Waals surface area contributed by atoms with Gasteiger partial charge < -0.3 is 9.64 Å². The summed E-state index contributed by atoms with van der Waals surface area (Å²) < 4.78 is 41.9. The molecule has 1 aromatic carbocycles. The fourth-order valence-electron chi connectivity index (χ4n) is 2.85. The summed E-state index contributed by atoms with van der Waals surface area (Å²) in [5.41, 5.74) is -0.446. The number of ether oxygens (including phenoxy) is 1. The monoisotopic (exact) mass is 388 g/mol. The van der Waals surface area contributed by atoms with E-state index in [2.05, 4.69) is 0 Å². The molecule has 1 saturated heterocycles. The Morgan fingerprint density at radius 3 is 2.69 bits per heavy atom. The number of nitro benzene ring substituents is 1. The van der Waals surface area contributed by atoms with Gasteiger partial charge in [0.25, 0.3) is 5.91 Å². The van der Waals surface area contributed by atoms with E-state index in [0.29, 0.717) is 13.0 Å². The van der Waals surface area contributed by atoms with Crippen LogP contribution in [0.2, 0.25) is 0 Å². The topological polar surface area (TPSA) is 107 Å². The summed E-state index contributed by atoms with van der Waals surface area (Å²) in [5.74, 6) is -1.53. The molecule has 2 rings (SSSR count). The van der Waals surface area contributed by atoms with Crippen LogP contribution in [0.3, 0.4) is 0 Å². The largest absolute Gasteiger partial charge is 0.477 e. The third-order valence-corrected chi connectivity index (χ3v) is 5.75. The van der Waals surface area contributed by atoms with Crippen molar-refractivity contribution in [2.45, 2.75) is 26.3 Å². The normalized spacial score (nSPS) is 18.7. The van der Waals surface area contributed by atoms with E-state index < -0.39 is 44.8 Å². The lowest BCUT2D eigenvalue weighted by Gasteiger charge is -2.29. The van der Waals surface area contributed by atoms with Crippen molar-refractivity contribution in [1.82, 2.24) is 4.90 Å². The van der Waals surface area contributed by atoms with E-state index in [4.69, 9.17) is 4.74 Å². The van der Waals surface area contributed by atoms with Gasteiger partial charge in [0.2, 0.25) is 5.75 Å². The van der Waals surface area contributed by atoms with Crippen molar-refractivity contribution in [3.05, 3.63) is 34.1 Å². The number of benzene rings is 1. The van der Waals surface area contributed by atoms with Crippen LogP contribution < -0.4 is 4.74 Å². The Balaban J connectivity index is 2.13. The summed E-state index contributed by atoms with van der Waals surface area (Å²) in [4.78, 5) is 24.3. The number of hydrogen-bond donors (Lipinski definition) is 0. The summed E-state index contributed by atoms with van der Waals surface area (Å²) in [7, 11) is -3.17. The zero-order valence-corrected chi connectivity index (χ0v) is 15.4. The number of nitro groups is 1. The molecule has 8 nitrogen and oxygen atoms in total. The van der Waals surface area contributed by atoms with Gasteiger partial charge in [-0.3, -0.25) is 14.9 Å². The fourth-order valence-corrected chi connectivity index (χ4v) is 4.58. The predicted octanol–water partition coefficient (Wildman–Crippen LogP) is 1.78. The minimum absolute atomic E-state index is 0.0236. The second-order valence-corrected chi connectivity index (χ2v) is 8.88. The Morgan fingerprint density at radius 2 is 2.15 bits per heavy atom. The average molecular weight is 388 g/mol. The second-order valence-electron chi connectivity index (χ2n) is 6.65. The molecule has 1 fully saturated rings. The first-order valence-corrected chi connectivity index (χ1v) is 9.98. The molecule has 1 aromatic rings. The van der Waals surface area contributed by atoms with Gasteiger partial charge in [-0.05, 0) is 18.4 Å². The molecule has 0 unspecified atom stereocenters. The van der Waals surface area contributed by atoms with E-state index in [1.54, 1.807) is 0 Å². The van der Waals surface area contributed by atoms with Gasteiger partial charge in [0.1, 0.15) is 5.82 Å². The Morgan fingerprint density at radius 1 is 1.46 bits per heavy atom. The van der Waals surface area contributed by atoms with E-state index in [1.807, 2.05) is 13.8 Å². The Hall–Kier alpha value is -2.23. The van der Waals surface area contributed by atoms with Gasteiger partial charge in [-0.1, -0.05) is 13.8 Å². The fraction of sp³-hybridized carbons (Fsp3) is 0.562. The first kappa shape index (κ1) is 20.1. The Kier molecular flexibility index (Phi) is 6.17. The number of sulfone groups is 1. The maximum Gasteiger partial charge on any atom is 0.311 e. The van der Waals surface area contributed by atoms with Gasteiger partial charge in [0, 0.05) is 24.7 Å². The van der Waals surface area contributed by atoms with Crippen molar-refractivity contribution in [3.8, 4) is 5.75 Å². The van der Waals surface area contributed by atoms with E-state index in [0.717, 1.165) is 18.2 Å². The van der Waals surface area contributed by atoms with E-state index >= 15 is 0 Å². The molecule has 1 aliphatic rings. The number of hydrogen-bond acceptors (Lipinski definition) is 6. The summed E-state index contributed by atoms with van der Waals surface area (Å²) >= 11 is 0. The third-order valence-electron chi connectivity index (χ3n) is 4.00. The van der Waals surface area contributed by atoms with E-state index in [-0.39, 0.29) is 23.2 Å². The van der Waals surface area contributed by atoms with Crippen molar-refractivity contribution < 1.29 is 27.3 Å². The molecule has 10 heteroatoms. The molecule has 0 aliphatic carbocycles. The first-order valence-electron chi connectivity index (χ1n) is 8.15. The standard InChI is InChI=1S/C16H21FN2O6S/c1-11(2)8-18(13-5-6-26(23,24)10-13)16(20)9-25-15-7-12(17)3-4-14(15)19(21)22/h3-4,7,11,13H,5-6,8-10H2,1-2H3/t13-/m1/s1. The summed E-state index contributed by atoms with van der Waals surface area (Å²) in [6, 6.07) is 2.30. The predicted molar refractivity (Wildman–Crippen MR) is 92.2 cm³/mol. The molecule has 0 aromatic heterocycles. The minimum atomic E-state index is -3.17.